The summed E-state index contributed by atoms with van der Waals surface area (Å²) < 4.78 is 9.01. The molecule has 3 aromatic heterocycles. The van der Waals surface area contributed by atoms with E-state index in [1.54, 1.807) is 0 Å². The topological polar surface area (TPSA) is 43.9 Å². The van der Waals surface area contributed by atoms with Crippen molar-refractivity contribution in [1.29, 1.82) is 0 Å². The molecule has 3 heterocycles. The quantitative estimate of drug-likeness (QED) is 0.200. The molecule has 0 atom stereocenters. The molecule has 0 radical (unpaired) electrons. The monoisotopic (exact) mass is 611 g/mol. The molecule has 4 nitrogen and oxygen atoms in total. The highest BCUT2D eigenvalue weighted by Crippen LogP contribution is 2.44. The Labute approximate surface area is 274 Å². The van der Waals surface area contributed by atoms with Crippen LogP contribution in [0.1, 0.15) is 0 Å². The van der Waals surface area contributed by atoms with Crippen molar-refractivity contribution in [3.05, 3.63) is 152 Å². The van der Waals surface area contributed by atoms with Gasteiger partial charge in [-0.3, -0.25) is 0 Å². The second kappa shape index (κ2) is 9.50. The summed E-state index contributed by atoms with van der Waals surface area (Å²) in [5.74, 6) is 0.725. The zero-order valence-electron chi connectivity index (χ0n) is 25.7. The van der Waals surface area contributed by atoms with Crippen LogP contribution < -0.4 is 0 Å². The van der Waals surface area contributed by atoms with E-state index in [0.717, 1.165) is 71.9 Å². The minimum absolute atomic E-state index is 0.725. The van der Waals surface area contributed by atoms with E-state index in [0.29, 0.717) is 0 Å². The molecular formula is C44H25N3O. The minimum Gasteiger partial charge on any atom is -0.456 e. The number of hydrogen-bond acceptors (Lipinski definition) is 3. The fraction of sp³-hybridized carbons (Fsp3) is 0. The normalized spacial score (nSPS) is 12.2. The van der Waals surface area contributed by atoms with Crippen LogP contribution in [0, 0.1) is 0 Å². The Morgan fingerprint density at radius 2 is 1.08 bits per heavy atom. The third-order valence-electron chi connectivity index (χ3n) is 9.91. The Morgan fingerprint density at radius 1 is 0.438 bits per heavy atom. The third-order valence-corrected chi connectivity index (χ3v) is 9.91. The number of hydrogen-bond donors (Lipinski definition) is 0. The molecule has 0 fully saturated rings. The number of aromatic nitrogens is 3. The molecule has 0 aliphatic carbocycles. The molecule has 222 valence electrons. The molecule has 0 aliphatic rings. The SMILES string of the molecule is c1ccc(-c2nc(-c3ccc4cc(-n5c6ccc7cccc8oc9cccc%10ccc5c(c%109)c6c78)ccc4c3)nc3ccccc23)cc1. The van der Waals surface area contributed by atoms with Gasteiger partial charge >= 0.3 is 0 Å². The Balaban J connectivity index is 1.12. The van der Waals surface area contributed by atoms with Crippen molar-refractivity contribution in [3.8, 4) is 28.3 Å². The van der Waals surface area contributed by atoms with Gasteiger partial charge in [-0.2, -0.15) is 0 Å². The molecular weight excluding hydrogens is 587 g/mol. The maximum absolute atomic E-state index is 6.60. The zero-order chi connectivity index (χ0) is 31.3. The summed E-state index contributed by atoms with van der Waals surface area (Å²) >= 11 is 0. The van der Waals surface area contributed by atoms with Crippen molar-refractivity contribution in [1.82, 2.24) is 14.5 Å². The highest BCUT2D eigenvalue weighted by molar-refractivity contribution is 6.33. The van der Waals surface area contributed by atoms with E-state index in [9.17, 15) is 0 Å². The van der Waals surface area contributed by atoms with Gasteiger partial charge in [0, 0.05) is 43.7 Å². The van der Waals surface area contributed by atoms with Gasteiger partial charge in [-0.05, 0) is 70.1 Å². The highest BCUT2D eigenvalue weighted by Gasteiger charge is 2.21. The van der Waals surface area contributed by atoms with Crippen LogP contribution in [-0.4, -0.2) is 14.5 Å². The van der Waals surface area contributed by atoms with Gasteiger partial charge < -0.3 is 8.98 Å². The molecule has 0 saturated heterocycles. The standard InChI is InChI=1S/C44H25N3O/c1-2-8-28(9-3-1)43-33-12-4-5-13-34(33)45-44(46-43)31-17-16-30-25-32(21-18-29(30)24-31)47-35-22-19-26-10-6-14-37-39(26)41(35)42-36(47)23-20-27-11-7-15-38(48-37)40(27)42/h1-25H. The Bertz CT molecular complexity index is 2960. The van der Waals surface area contributed by atoms with E-state index < -0.39 is 0 Å². The van der Waals surface area contributed by atoms with Crippen LogP contribution in [0.2, 0.25) is 0 Å². The van der Waals surface area contributed by atoms with Gasteiger partial charge in [0.25, 0.3) is 0 Å². The van der Waals surface area contributed by atoms with Gasteiger partial charge in [0.15, 0.2) is 5.82 Å². The van der Waals surface area contributed by atoms with E-state index in [4.69, 9.17) is 14.4 Å². The van der Waals surface area contributed by atoms with Crippen LogP contribution in [0.3, 0.4) is 0 Å². The molecule has 0 bridgehead atoms. The average Bonchev–Trinajstić information content (AvgIpc) is 3.40. The molecule has 0 aliphatic heterocycles. The lowest BCUT2D eigenvalue weighted by Gasteiger charge is -2.12. The number of benzene rings is 8. The molecule has 0 saturated carbocycles. The summed E-state index contributed by atoms with van der Waals surface area (Å²) in [5, 5.41) is 10.5. The van der Waals surface area contributed by atoms with E-state index in [2.05, 4.69) is 138 Å². The first-order valence-electron chi connectivity index (χ1n) is 16.2. The first-order chi connectivity index (χ1) is 23.8. The molecule has 0 spiro atoms. The first-order valence-corrected chi connectivity index (χ1v) is 16.2. The van der Waals surface area contributed by atoms with Crippen molar-refractivity contribution in [2.75, 3.05) is 0 Å². The number of fused-ring (bicyclic) bond motifs is 2. The molecule has 8 aromatic carbocycles. The molecule has 0 N–H and O–H groups in total. The molecule has 48 heavy (non-hydrogen) atoms. The van der Waals surface area contributed by atoms with E-state index in [1.807, 2.05) is 18.2 Å². The van der Waals surface area contributed by atoms with Crippen molar-refractivity contribution in [2.24, 2.45) is 0 Å². The summed E-state index contributed by atoms with van der Waals surface area (Å²) in [7, 11) is 0. The fourth-order valence-corrected chi connectivity index (χ4v) is 7.78. The molecule has 11 rings (SSSR count). The fourth-order valence-electron chi connectivity index (χ4n) is 7.78. The summed E-state index contributed by atoms with van der Waals surface area (Å²) in [6, 6.07) is 53.5. The van der Waals surface area contributed by atoms with Gasteiger partial charge in [-0.1, -0.05) is 103 Å². The van der Waals surface area contributed by atoms with Crippen LogP contribution in [0.5, 0.6) is 0 Å². The molecule has 4 heteroatoms. The molecule has 11 aromatic rings. The van der Waals surface area contributed by atoms with Crippen LogP contribution >= 0.6 is 0 Å². The number of para-hydroxylation sites is 1. The lowest BCUT2D eigenvalue weighted by Crippen LogP contribution is -1.96. The largest absolute Gasteiger partial charge is 0.456 e. The summed E-state index contributed by atoms with van der Waals surface area (Å²) in [5.41, 5.74) is 9.24. The number of rotatable bonds is 3. The maximum atomic E-state index is 6.60. The van der Waals surface area contributed by atoms with Crippen molar-refractivity contribution >= 4 is 76.2 Å². The van der Waals surface area contributed by atoms with Crippen LogP contribution in [0.4, 0.5) is 0 Å². The van der Waals surface area contributed by atoms with E-state index in [-0.39, 0.29) is 0 Å². The lowest BCUT2D eigenvalue weighted by molar-refractivity contribution is 0.664. The van der Waals surface area contributed by atoms with Crippen molar-refractivity contribution in [3.63, 3.8) is 0 Å². The second-order valence-corrected chi connectivity index (χ2v) is 12.6. The Morgan fingerprint density at radius 3 is 1.83 bits per heavy atom. The van der Waals surface area contributed by atoms with Crippen LogP contribution in [-0.2, 0) is 0 Å². The van der Waals surface area contributed by atoms with Crippen LogP contribution in [0.15, 0.2) is 156 Å². The Kier molecular flexibility index (Phi) is 5.08. The molecule has 0 amide bonds. The first kappa shape index (κ1) is 25.6. The van der Waals surface area contributed by atoms with Crippen LogP contribution in [0.25, 0.3) is 105 Å². The summed E-state index contributed by atoms with van der Waals surface area (Å²) in [6.07, 6.45) is 0. The average molecular weight is 612 g/mol. The predicted molar refractivity (Wildman–Crippen MR) is 198 cm³/mol. The van der Waals surface area contributed by atoms with Gasteiger partial charge in [-0.15, -0.1) is 0 Å². The zero-order valence-corrected chi connectivity index (χ0v) is 25.7. The maximum Gasteiger partial charge on any atom is 0.160 e. The van der Waals surface area contributed by atoms with Gasteiger partial charge in [0.1, 0.15) is 11.2 Å². The van der Waals surface area contributed by atoms with Gasteiger partial charge in [0.05, 0.1) is 22.2 Å². The second-order valence-electron chi connectivity index (χ2n) is 12.6. The van der Waals surface area contributed by atoms with Gasteiger partial charge in [0.2, 0.25) is 0 Å². The van der Waals surface area contributed by atoms with E-state index >= 15 is 0 Å². The predicted octanol–water partition coefficient (Wildman–Crippen LogP) is 11.7. The summed E-state index contributed by atoms with van der Waals surface area (Å²) in [4.78, 5) is 10.1. The summed E-state index contributed by atoms with van der Waals surface area (Å²) in [6.45, 7) is 0. The minimum atomic E-state index is 0.725. The van der Waals surface area contributed by atoms with Crippen molar-refractivity contribution < 1.29 is 4.42 Å². The smallest absolute Gasteiger partial charge is 0.160 e. The lowest BCUT2D eigenvalue weighted by atomic mass is 10.00. The van der Waals surface area contributed by atoms with Gasteiger partial charge in [-0.25, -0.2) is 9.97 Å². The molecule has 0 unspecified atom stereocenters. The van der Waals surface area contributed by atoms with Crippen molar-refractivity contribution in [2.45, 2.75) is 0 Å². The Hall–Kier alpha value is -6.52. The highest BCUT2D eigenvalue weighted by atomic mass is 16.3. The number of nitrogens with zero attached hydrogens (tertiary/aromatic N) is 3. The van der Waals surface area contributed by atoms with E-state index in [1.165, 1.54) is 32.6 Å². The third kappa shape index (κ3) is 3.54.